The summed E-state index contributed by atoms with van der Waals surface area (Å²) in [6.07, 6.45) is 0. The van der Waals surface area contributed by atoms with Gasteiger partial charge in [-0.15, -0.1) is 0 Å². The lowest BCUT2D eigenvalue weighted by atomic mass is 9.84. The highest BCUT2D eigenvalue weighted by molar-refractivity contribution is 6.01. The lowest BCUT2D eigenvalue weighted by Crippen LogP contribution is -2.47. The summed E-state index contributed by atoms with van der Waals surface area (Å²) in [5.41, 5.74) is 5.73. The Morgan fingerprint density at radius 3 is 2.11 bits per heavy atom. The first-order valence-electron chi connectivity index (χ1n) is 6.35. The van der Waals surface area contributed by atoms with Gasteiger partial charge in [0.2, 0.25) is 5.91 Å². The van der Waals surface area contributed by atoms with E-state index in [1.807, 2.05) is 65.0 Å². The summed E-state index contributed by atoms with van der Waals surface area (Å²) >= 11 is 0. The van der Waals surface area contributed by atoms with Crippen LogP contribution in [0.3, 0.4) is 0 Å². The minimum absolute atomic E-state index is 0.154. The fourth-order valence-electron chi connectivity index (χ4n) is 1.65. The Morgan fingerprint density at radius 1 is 1.11 bits per heavy atom. The van der Waals surface area contributed by atoms with Crippen LogP contribution in [0, 0.1) is 0 Å². The first kappa shape index (κ1) is 15.2. The van der Waals surface area contributed by atoms with Gasteiger partial charge in [-0.05, 0) is 40.2 Å². The number of nitrogens with two attached hydrogens (primary N) is 1. The lowest BCUT2D eigenvalue weighted by molar-refractivity contribution is -0.124. The number of nitrogens with zero attached hydrogens (tertiary/aromatic N) is 1. The van der Waals surface area contributed by atoms with Gasteiger partial charge in [0, 0.05) is 0 Å². The van der Waals surface area contributed by atoms with E-state index in [1.54, 1.807) is 0 Å². The predicted octanol–water partition coefficient (Wildman–Crippen LogP) is 2.19. The third-order valence-corrected chi connectivity index (χ3v) is 2.76. The molecule has 104 valence electrons. The topological polar surface area (TPSA) is 67.5 Å². The number of benzene rings is 1. The van der Waals surface area contributed by atoms with Gasteiger partial charge < -0.3 is 5.73 Å². The average molecular weight is 261 g/mol. The molecule has 0 spiro atoms. The van der Waals surface area contributed by atoms with Crippen molar-refractivity contribution >= 4 is 11.9 Å². The van der Waals surface area contributed by atoms with Gasteiger partial charge in [0.25, 0.3) is 0 Å². The molecule has 0 aliphatic rings. The maximum absolute atomic E-state index is 12.3. The molecule has 3 N–H and O–H groups in total. The van der Waals surface area contributed by atoms with Gasteiger partial charge in [-0.2, -0.15) is 0 Å². The third-order valence-electron chi connectivity index (χ3n) is 2.76. The van der Waals surface area contributed by atoms with E-state index in [1.165, 1.54) is 0 Å². The highest BCUT2D eigenvalue weighted by Crippen LogP contribution is 2.22. The van der Waals surface area contributed by atoms with Crippen molar-refractivity contribution in [3.63, 3.8) is 0 Å². The molecule has 1 amide bonds. The first-order chi connectivity index (χ1) is 8.63. The summed E-state index contributed by atoms with van der Waals surface area (Å²) in [7, 11) is 0. The molecule has 0 aliphatic carbocycles. The van der Waals surface area contributed by atoms with E-state index in [2.05, 4.69) is 10.3 Å². The Kier molecular flexibility index (Phi) is 4.35. The number of rotatable bonds is 2. The second kappa shape index (κ2) is 5.43. The Hall–Kier alpha value is -1.84. The molecule has 4 nitrogen and oxygen atoms in total. The van der Waals surface area contributed by atoms with E-state index < -0.39 is 5.41 Å². The number of aliphatic imine (C=N–C) groups is 1. The normalized spacial score (nSPS) is 13.2. The summed E-state index contributed by atoms with van der Waals surface area (Å²) in [4.78, 5) is 16.5. The maximum atomic E-state index is 12.3. The molecule has 0 saturated carbocycles. The number of hydrogen-bond acceptors (Lipinski definition) is 2. The SMILES string of the molecule is CC(C)(C)N=C(N)NC(=O)C(C)(C)c1ccccc1. The van der Waals surface area contributed by atoms with E-state index in [-0.39, 0.29) is 17.4 Å². The lowest BCUT2D eigenvalue weighted by Gasteiger charge is -2.24. The minimum Gasteiger partial charge on any atom is -0.370 e. The van der Waals surface area contributed by atoms with Crippen molar-refractivity contribution in [2.75, 3.05) is 0 Å². The number of carbonyl (C=O) groups is 1. The molecule has 0 saturated heterocycles. The van der Waals surface area contributed by atoms with Crippen LogP contribution in [-0.4, -0.2) is 17.4 Å². The highest BCUT2D eigenvalue weighted by atomic mass is 16.2. The van der Waals surface area contributed by atoms with Gasteiger partial charge in [-0.3, -0.25) is 10.1 Å². The summed E-state index contributed by atoms with van der Waals surface area (Å²) in [6, 6.07) is 9.61. The quantitative estimate of drug-likeness (QED) is 0.633. The van der Waals surface area contributed by atoms with E-state index >= 15 is 0 Å². The number of hydrogen-bond donors (Lipinski definition) is 2. The average Bonchev–Trinajstić information content (AvgIpc) is 2.27. The molecule has 0 radical (unpaired) electrons. The van der Waals surface area contributed by atoms with Crippen molar-refractivity contribution in [3.05, 3.63) is 35.9 Å². The van der Waals surface area contributed by atoms with Crippen molar-refractivity contribution in [1.29, 1.82) is 0 Å². The minimum atomic E-state index is -0.653. The van der Waals surface area contributed by atoms with Crippen LogP contribution < -0.4 is 11.1 Å². The molecule has 0 atom stereocenters. The third kappa shape index (κ3) is 4.39. The Labute approximate surface area is 115 Å². The van der Waals surface area contributed by atoms with Crippen molar-refractivity contribution in [2.24, 2.45) is 10.7 Å². The molecule has 4 heteroatoms. The number of guanidine groups is 1. The zero-order chi connectivity index (χ0) is 14.7. The Morgan fingerprint density at radius 2 is 1.63 bits per heavy atom. The van der Waals surface area contributed by atoms with Crippen LogP contribution in [0.4, 0.5) is 0 Å². The Bertz CT molecular complexity index is 470. The van der Waals surface area contributed by atoms with Crippen LogP contribution in [0.15, 0.2) is 35.3 Å². The molecule has 1 rings (SSSR count). The number of nitrogens with one attached hydrogen (secondary N) is 1. The summed E-state index contributed by atoms with van der Waals surface area (Å²) in [5.74, 6) is -0.00861. The van der Waals surface area contributed by atoms with Crippen LogP contribution in [0.25, 0.3) is 0 Å². The summed E-state index contributed by atoms with van der Waals surface area (Å²) in [5, 5.41) is 2.66. The van der Waals surface area contributed by atoms with Gasteiger partial charge in [-0.1, -0.05) is 30.3 Å². The number of amides is 1. The molecule has 1 aromatic rings. The molecular weight excluding hydrogens is 238 g/mol. The fourth-order valence-corrected chi connectivity index (χ4v) is 1.65. The van der Waals surface area contributed by atoms with Crippen LogP contribution in [-0.2, 0) is 10.2 Å². The molecule has 0 bridgehead atoms. The molecule has 0 heterocycles. The second-order valence-corrected chi connectivity index (χ2v) is 6.11. The van der Waals surface area contributed by atoms with Crippen molar-refractivity contribution < 1.29 is 4.79 Å². The van der Waals surface area contributed by atoms with Crippen molar-refractivity contribution in [2.45, 2.75) is 45.6 Å². The van der Waals surface area contributed by atoms with Crippen LogP contribution in [0.1, 0.15) is 40.2 Å². The van der Waals surface area contributed by atoms with Crippen LogP contribution in [0.2, 0.25) is 0 Å². The molecule has 0 aromatic heterocycles. The second-order valence-electron chi connectivity index (χ2n) is 6.11. The summed E-state index contributed by atoms with van der Waals surface area (Å²) < 4.78 is 0. The molecular formula is C15H23N3O. The van der Waals surface area contributed by atoms with Gasteiger partial charge >= 0.3 is 0 Å². The zero-order valence-corrected chi connectivity index (χ0v) is 12.3. The fraction of sp³-hybridized carbons (Fsp3) is 0.467. The highest BCUT2D eigenvalue weighted by Gasteiger charge is 2.30. The van der Waals surface area contributed by atoms with E-state index in [9.17, 15) is 4.79 Å². The van der Waals surface area contributed by atoms with Crippen LogP contribution in [0.5, 0.6) is 0 Å². The predicted molar refractivity (Wildman–Crippen MR) is 79.0 cm³/mol. The van der Waals surface area contributed by atoms with E-state index in [0.717, 1.165) is 5.56 Å². The Balaban J connectivity index is 2.87. The summed E-state index contributed by atoms with van der Waals surface area (Å²) in [6.45, 7) is 9.50. The largest absolute Gasteiger partial charge is 0.370 e. The van der Waals surface area contributed by atoms with Crippen molar-refractivity contribution in [3.8, 4) is 0 Å². The van der Waals surface area contributed by atoms with E-state index in [4.69, 9.17) is 5.73 Å². The zero-order valence-electron chi connectivity index (χ0n) is 12.3. The first-order valence-corrected chi connectivity index (χ1v) is 6.35. The standard InChI is InChI=1S/C15H23N3O/c1-14(2,3)18-13(16)17-12(19)15(4,5)11-9-7-6-8-10-11/h6-10H,1-5H3,(H3,16,17,18,19). The molecule has 0 aliphatic heterocycles. The monoisotopic (exact) mass is 261 g/mol. The van der Waals surface area contributed by atoms with Gasteiger partial charge in [0.05, 0.1) is 11.0 Å². The van der Waals surface area contributed by atoms with E-state index in [0.29, 0.717) is 0 Å². The number of carbonyl (C=O) groups excluding carboxylic acids is 1. The van der Waals surface area contributed by atoms with Crippen LogP contribution >= 0.6 is 0 Å². The smallest absolute Gasteiger partial charge is 0.236 e. The van der Waals surface area contributed by atoms with Gasteiger partial charge in [-0.25, -0.2) is 4.99 Å². The molecule has 0 fully saturated rings. The molecule has 19 heavy (non-hydrogen) atoms. The van der Waals surface area contributed by atoms with Crippen molar-refractivity contribution in [1.82, 2.24) is 5.32 Å². The molecule has 0 unspecified atom stereocenters. The van der Waals surface area contributed by atoms with Gasteiger partial charge in [0.15, 0.2) is 5.96 Å². The molecule has 1 aromatic carbocycles. The maximum Gasteiger partial charge on any atom is 0.236 e. The van der Waals surface area contributed by atoms with Gasteiger partial charge in [0.1, 0.15) is 0 Å².